The summed E-state index contributed by atoms with van der Waals surface area (Å²) in [6.45, 7) is 4.00. The normalized spacial score (nSPS) is 12.9. The molecular weight excluding hydrogens is 232 g/mol. The SMILES string of the molecule is CCc1cc(-c2cnn(C[C@@H](O)CO)c2C)n[nH]1. The fourth-order valence-electron chi connectivity index (χ4n) is 1.82. The zero-order valence-corrected chi connectivity index (χ0v) is 10.6. The molecule has 0 saturated carbocycles. The summed E-state index contributed by atoms with van der Waals surface area (Å²) in [7, 11) is 0. The molecule has 18 heavy (non-hydrogen) atoms. The maximum atomic E-state index is 9.43. The van der Waals surface area contributed by atoms with Crippen LogP contribution >= 0.6 is 0 Å². The van der Waals surface area contributed by atoms with Gasteiger partial charge >= 0.3 is 0 Å². The van der Waals surface area contributed by atoms with E-state index in [1.165, 1.54) is 0 Å². The van der Waals surface area contributed by atoms with Crippen molar-refractivity contribution in [2.45, 2.75) is 32.9 Å². The van der Waals surface area contributed by atoms with Crippen LogP contribution in [-0.4, -0.2) is 42.9 Å². The van der Waals surface area contributed by atoms with Gasteiger partial charge in [0.15, 0.2) is 0 Å². The topological polar surface area (TPSA) is 87.0 Å². The molecule has 2 aromatic heterocycles. The molecule has 0 radical (unpaired) electrons. The summed E-state index contributed by atoms with van der Waals surface area (Å²) in [5.74, 6) is 0. The summed E-state index contributed by atoms with van der Waals surface area (Å²) in [6.07, 6.45) is 1.85. The summed E-state index contributed by atoms with van der Waals surface area (Å²) in [5, 5.41) is 29.7. The Morgan fingerprint density at radius 1 is 1.50 bits per heavy atom. The minimum absolute atomic E-state index is 0.267. The molecule has 0 spiro atoms. The van der Waals surface area contributed by atoms with Gasteiger partial charge < -0.3 is 10.2 Å². The maximum absolute atomic E-state index is 9.43. The molecule has 0 aliphatic rings. The molecule has 6 heteroatoms. The Balaban J connectivity index is 2.24. The van der Waals surface area contributed by atoms with Crippen LogP contribution in [0.4, 0.5) is 0 Å². The van der Waals surface area contributed by atoms with Crippen LogP contribution in [0.1, 0.15) is 18.3 Å². The zero-order valence-electron chi connectivity index (χ0n) is 10.6. The van der Waals surface area contributed by atoms with Crippen molar-refractivity contribution in [1.82, 2.24) is 20.0 Å². The monoisotopic (exact) mass is 250 g/mol. The van der Waals surface area contributed by atoms with Gasteiger partial charge in [0.05, 0.1) is 31.1 Å². The van der Waals surface area contributed by atoms with Gasteiger partial charge in [0.25, 0.3) is 0 Å². The van der Waals surface area contributed by atoms with E-state index in [4.69, 9.17) is 5.11 Å². The number of aromatic amines is 1. The average molecular weight is 250 g/mol. The van der Waals surface area contributed by atoms with Crippen LogP contribution in [-0.2, 0) is 13.0 Å². The first kappa shape index (κ1) is 12.8. The molecule has 0 fully saturated rings. The Morgan fingerprint density at radius 2 is 2.28 bits per heavy atom. The molecule has 0 bridgehead atoms. The van der Waals surface area contributed by atoms with Crippen LogP contribution in [0, 0.1) is 6.92 Å². The summed E-state index contributed by atoms with van der Waals surface area (Å²) in [6, 6.07) is 2.00. The van der Waals surface area contributed by atoms with Crippen LogP contribution in [0.2, 0.25) is 0 Å². The quantitative estimate of drug-likeness (QED) is 0.721. The lowest BCUT2D eigenvalue weighted by molar-refractivity contribution is 0.0777. The molecule has 2 aromatic rings. The second kappa shape index (κ2) is 5.32. The lowest BCUT2D eigenvalue weighted by Gasteiger charge is -2.08. The molecule has 3 N–H and O–H groups in total. The van der Waals surface area contributed by atoms with E-state index in [1.54, 1.807) is 10.9 Å². The van der Waals surface area contributed by atoms with Gasteiger partial charge in [-0.25, -0.2) is 0 Å². The zero-order chi connectivity index (χ0) is 13.1. The minimum Gasteiger partial charge on any atom is -0.394 e. The first-order valence-corrected chi connectivity index (χ1v) is 6.01. The van der Waals surface area contributed by atoms with Crippen molar-refractivity contribution in [3.8, 4) is 11.3 Å². The Morgan fingerprint density at radius 3 is 2.89 bits per heavy atom. The van der Waals surface area contributed by atoms with E-state index in [9.17, 15) is 5.11 Å². The van der Waals surface area contributed by atoms with Crippen LogP contribution in [0.15, 0.2) is 12.3 Å². The third kappa shape index (κ3) is 2.44. The number of nitrogens with zero attached hydrogens (tertiary/aromatic N) is 3. The number of aliphatic hydroxyl groups is 2. The molecule has 6 nitrogen and oxygen atoms in total. The number of aliphatic hydroxyl groups excluding tert-OH is 2. The summed E-state index contributed by atoms with van der Waals surface area (Å²) in [4.78, 5) is 0. The Hall–Kier alpha value is -1.66. The fourth-order valence-corrected chi connectivity index (χ4v) is 1.82. The van der Waals surface area contributed by atoms with Gasteiger partial charge in [-0.05, 0) is 19.4 Å². The van der Waals surface area contributed by atoms with Gasteiger partial charge in [-0.2, -0.15) is 10.2 Å². The molecule has 0 saturated heterocycles. The minimum atomic E-state index is -0.790. The lowest BCUT2D eigenvalue weighted by Crippen LogP contribution is -2.21. The molecule has 0 aliphatic carbocycles. The number of aryl methyl sites for hydroxylation is 1. The molecule has 2 heterocycles. The Kier molecular flexibility index (Phi) is 3.78. The first-order valence-electron chi connectivity index (χ1n) is 6.01. The van der Waals surface area contributed by atoms with Crippen molar-refractivity contribution in [2.75, 3.05) is 6.61 Å². The van der Waals surface area contributed by atoms with Crippen LogP contribution in [0.5, 0.6) is 0 Å². The van der Waals surface area contributed by atoms with Gasteiger partial charge in [0.1, 0.15) is 0 Å². The van der Waals surface area contributed by atoms with Gasteiger partial charge in [-0.1, -0.05) is 6.92 Å². The summed E-state index contributed by atoms with van der Waals surface area (Å²) < 4.78 is 1.68. The van der Waals surface area contributed by atoms with Crippen LogP contribution < -0.4 is 0 Å². The number of hydrogen-bond donors (Lipinski definition) is 3. The van der Waals surface area contributed by atoms with Crippen molar-refractivity contribution >= 4 is 0 Å². The number of nitrogens with one attached hydrogen (secondary N) is 1. The predicted octanol–water partition coefficient (Wildman–Crippen LogP) is 0.497. The molecule has 0 unspecified atom stereocenters. The molecular formula is C12H18N4O2. The molecule has 0 aliphatic heterocycles. The lowest BCUT2D eigenvalue weighted by atomic mass is 10.2. The standard InChI is InChI=1S/C12H18N4O2/c1-3-9-4-12(15-14-9)11-5-13-16(8(11)2)6-10(18)7-17/h4-5,10,17-18H,3,6-7H2,1-2H3,(H,14,15)/t10-/m1/s1. The predicted molar refractivity (Wildman–Crippen MR) is 67.0 cm³/mol. The van der Waals surface area contributed by atoms with E-state index >= 15 is 0 Å². The van der Waals surface area contributed by atoms with Crippen molar-refractivity contribution in [1.29, 1.82) is 0 Å². The molecule has 98 valence electrons. The fraction of sp³-hybridized carbons (Fsp3) is 0.500. The number of H-pyrrole nitrogens is 1. The third-order valence-corrected chi connectivity index (χ3v) is 2.99. The molecule has 2 rings (SSSR count). The molecule has 0 aromatic carbocycles. The van der Waals surface area contributed by atoms with E-state index in [-0.39, 0.29) is 13.2 Å². The van der Waals surface area contributed by atoms with Crippen molar-refractivity contribution in [3.05, 3.63) is 23.7 Å². The second-order valence-electron chi connectivity index (χ2n) is 4.29. The highest BCUT2D eigenvalue weighted by Gasteiger charge is 2.13. The summed E-state index contributed by atoms with van der Waals surface area (Å²) >= 11 is 0. The highest BCUT2D eigenvalue weighted by Crippen LogP contribution is 2.21. The van der Waals surface area contributed by atoms with Gasteiger partial charge in [0, 0.05) is 17.0 Å². The van der Waals surface area contributed by atoms with Gasteiger partial charge in [-0.3, -0.25) is 9.78 Å². The number of rotatable bonds is 5. The Labute approximate surface area is 105 Å². The molecule has 1 atom stereocenters. The van der Waals surface area contributed by atoms with E-state index in [2.05, 4.69) is 22.2 Å². The smallest absolute Gasteiger partial charge is 0.0966 e. The summed E-state index contributed by atoms with van der Waals surface area (Å²) in [5.41, 5.74) is 3.80. The first-order chi connectivity index (χ1) is 8.65. The maximum Gasteiger partial charge on any atom is 0.0966 e. The van der Waals surface area contributed by atoms with Crippen molar-refractivity contribution in [3.63, 3.8) is 0 Å². The highest BCUT2D eigenvalue weighted by atomic mass is 16.3. The van der Waals surface area contributed by atoms with E-state index in [0.717, 1.165) is 29.1 Å². The van der Waals surface area contributed by atoms with Crippen molar-refractivity contribution < 1.29 is 10.2 Å². The van der Waals surface area contributed by atoms with E-state index in [0.29, 0.717) is 0 Å². The average Bonchev–Trinajstić information content (AvgIpc) is 2.97. The van der Waals surface area contributed by atoms with Gasteiger partial charge in [-0.15, -0.1) is 0 Å². The van der Waals surface area contributed by atoms with E-state index in [1.807, 2.05) is 13.0 Å². The number of hydrogen-bond acceptors (Lipinski definition) is 4. The number of aromatic nitrogens is 4. The molecule has 0 amide bonds. The third-order valence-electron chi connectivity index (χ3n) is 2.99. The second-order valence-corrected chi connectivity index (χ2v) is 4.29. The van der Waals surface area contributed by atoms with Crippen LogP contribution in [0.3, 0.4) is 0 Å². The van der Waals surface area contributed by atoms with E-state index < -0.39 is 6.10 Å². The van der Waals surface area contributed by atoms with Crippen molar-refractivity contribution in [2.24, 2.45) is 0 Å². The largest absolute Gasteiger partial charge is 0.394 e. The van der Waals surface area contributed by atoms with Crippen LogP contribution in [0.25, 0.3) is 11.3 Å². The Bertz CT molecular complexity index is 518. The highest BCUT2D eigenvalue weighted by molar-refractivity contribution is 5.61. The van der Waals surface area contributed by atoms with Gasteiger partial charge in [0.2, 0.25) is 0 Å².